The van der Waals surface area contributed by atoms with Gasteiger partial charge in [0.25, 0.3) is 5.91 Å². The van der Waals surface area contributed by atoms with Gasteiger partial charge in [-0.25, -0.2) is 4.98 Å². The Morgan fingerprint density at radius 1 is 1.56 bits per heavy atom. The lowest BCUT2D eigenvalue weighted by Gasteiger charge is -2.12. The Morgan fingerprint density at radius 3 is 2.94 bits per heavy atom. The first-order valence-corrected chi connectivity index (χ1v) is 5.81. The highest BCUT2D eigenvalue weighted by atomic mass is 35.5. The maximum Gasteiger partial charge on any atom is 0.253 e. The Kier molecular flexibility index (Phi) is 3.53. The van der Waals surface area contributed by atoms with E-state index in [4.69, 9.17) is 17.3 Å². The zero-order valence-electron chi connectivity index (χ0n) is 9.77. The van der Waals surface area contributed by atoms with Crippen molar-refractivity contribution >= 4 is 23.2 Å². The Balaban J connectivity index is 2.12. The molecule has 1 aromatic heterocycles. The van der Waals surface area contributed by atoms with Crippen LogP contribution in [-0.4, -0.2) is 15.9 Å². The summed E-state index contributed by atoms with van der Waals surface area (Å²) in [6.45, 7) is 1.84. The molecule has 94 valence electrons. The van der Waals surface area contributed by atoms with Crippen LogP contribution in [0.5, 0.6) is 0 Å². The third-order valence-corrected chi connectivity index (χ3v) is 2.83. The Morgan fingerprint density at radius 2 is 2.33 bits per heavy atom. The van der Waals surface area contributed by atoms with Crippen molar-refractivity contribution in [3.63, 3.8) is 0 Å². The zero-order chi connectivity index (χ0) is 13.1. The fraction of sp³-hybridized carbons (Fsp3) is 0.167. The quantitative estimate of drug-likeness (QED) is 0.743. The molecule has 0 aliphatic carbocycles. The number of aromatic amines is 1. The van der Waals surface area contributed by atoms with Crippen molar-refractivity contribution in [1.29, 1.82) is 0 Å². The Hall–Kier alpha value is -2.01. The van der Waals surface area contributed by atoms with Gasteiger partial charge in [0, 0.05) is 18.1 Å². The van der Waals surface area contributed by atoms with Gasteiger partial charge in [0.2, 0.25) is 0 Å². The summed E-state index contributed by atoms with van der Waals surface area (Å²) < 4.78 is 0. The minimum atomic E-state index is -0.260. The number of anilines is 1. The molecule has 1 amide bonds. The molecule has 0 fully saturated rings. The van der Waals surface area contributed by atoms with E-state index in [2.05, 4.69) is 15.3 Å². The molecule has 6 heteroatoms. The van der Waals surface area contributed by atoms with Crippen LogP contribution in [0.25, 0.3) is 0 Å². The van der Waals surface area contributed by atoms with Crippen molar-refractivity contribution in [3.8, 4) is 0 Å². The molecule has 4 N–H and O–H groups in total. The van der Waals surface area contributed by atoms with E-state index in [1.807, 2.05) is 6.92 Å². The molecule has 1 aromatic carbocycles. The fourth-order valence-corrected chi connectivity index (χ4v) is 1.85. The van der Waals surface area contributed by atoms with E-state index >= 15 is 0 Å². The summed E-state index contributed by atoms with van der Waals surface area (Å²) in [6.07, 6.45) is 3.34. The third kappa shape index (κ3) is 2.62. The van der Waals surface area contributed by atoms with Crippen molar-refractivity contribution < 1.29 is 4.79 Å². The highest BCUT2D eigenvalue weighted by molar-refractivity contribution is 6.34. The molecule has 2 rings (SSSR count). The predicted octanol–water partition coefficient (Wildman–Crippen LogP) is 2.14. The van der Waals surface area contributed by atoms with Gasteiger partial charge in [0.15, 0.2) is 0 Å². The summed E-state index contributed by atoms with van der Waals surface area (Å²) in [7, 11) is 0. The number of nitrogens with one attached hydrogen (secondary N) is 2. The Bertz CT molecular complexity index is 553. The average Bonchev–Trinajstić information content (AvgIpc) is 2.81. The van der Waals surface area contributed by atoms with Gasteiger partial charge in [-0.05, 0) is 25.1 Å². The van der Waals surface area contributed by atoms with Crippen LogP contribution in [-0.2, 0) is 0 Å². The molecule has 0 aliphatic rings. The molecule has 0 bridgehead atoms. The summed E-state index contributed by atoms with van der Waals surface area (Å²) in [4.78, 5) is 19.0. The van der Waals surface area contributed by atoms with Crippen LogP contribution in [0.4, 0.5) is 5.69 Å². The molecule has 1 unspecified atom stereocenters. The molecule has 0 spiro atoms. The smallest absolute Gasteiger partial charge is 0.253 e. The van der Waals surface area contributed by atoms with Crippen LogP contribution in [0.15, 0.2) is 30.6 Å². The maximum absolute atomic E-state index is 12.0. The maximum atomic E-state index is 12.0. The summed E-state index contributed by atoms with van der Waals surface area (Å²) in [6, 6.07) is 4.56. The van der Waals surface area contributed by atoms with E-state index in [0.717, 1.165) is 0 Å². The van der Waals surface area contributed by atoms with Crippen LogP contribution in [0.2, 0.25) is 5.02 Å². The zero-order valence-corrected chi connectivity index (χ0v) is 10.5. The van der Waals surface area contributed by atoms with E-state index in [9.17, 15) is 4.79 Å². The summed E-state index contributed by atoms with van der Waals surface area (Å²) in [5, 5.41) is 3.13. The summed E-state index contributed by atoms with van der Waals surface area (Å²) in [5.41, 5.74) is 6.49. The third-order valence-electron chi connectivity index (χ3n) is 2.51. The molecule has 0 radical (unpaired) electrons. The lowest BCUT2D eigenvalue weighted by molar-refractivity contribution is 0.0938. The molecule has 2 aromatic rings. The van der Waals surface area contributed by atoms with Crippen LogP contribution in [0, 0.1) is 0 Å². The van der Waals surface area contributed by atoms with Gasteiger partial charge >= 0.3 is 0 Å². The fourth-order valence-electron chi connectivity index (χ4n) is 1.57. The van der Waals surface area contributed by atoms with Gasteiger partial charge in [-0.3, -0.25) is 4.79 Å². The summed E-state index contributed by atoms with van der Waals surface area (Å²) in [5.74, 6) is 0.429. The van der Waals surface area contributed by atoms with E-state index < -0.39 is 0 Å². The monoisotopic (exact) mass is 264 g/mol. The number of imidazole rings is 1. The largest absolute Gasteiger partial charge is 0.399 e. The molecular formula is C12H13ClN4O. The molecule has 0 saturated carbocycles. The first kappa shape index (κ1) is 12.4. The van der Waals surface area contributed by atoms with Gasteiger partial charge in [-0.15, -0.1) is 0 Å². The molecule has 0 saturated heterocycles. The first-order chi connectivity index (χ1) is 8.58. The SMILES string of the molecule is CC(NC(=O)c1ccc(N)cc1Cl)c1ncc[nH]1. The number of hydrogen-bond acceptors (Lipinski definition) is 3. The van der Waals surface area contributed by atoms with Gasteiger partial charge in [-0.2, -0.15) is 0 Å². The van der Waals surface area contributed by atoms with Crippen LogP contribution < -0.4 is 11.1 Å². The minimum absolute atomic E-state index is 0.221. The van der Waals surface area contributed by atoms with Gasteiger partial charge in [-0.1, -0.05) is 11.6 Å². The minimum Gasteiger partial charge on any atom is -0.399 e. The second-order valence-electron chi connectivity index (χ2n) is 3.91. The number of amides is 1. The molecule has 0 aliphatic heterocycles. The number of nitrogens with two attached hydrogens (primary N) is 1. The number of aromatic nitrogens is 2. The number of nitrogen functional groups attached to an aromatic ring is 1. The average molecular weight is 265 g/mol. The molecule has 1 atom stereocenters. The second-order valence-corrected chi connectivity index (χ2v) is 4.32. The van der Waals surface area contributed by atoms with Gasteiger partial charge in [0.05, 0.1) is 16.6 Å². The number of rotatable bonds is 3. The van der Waals surface area contributed by atoms with E-state index in [1.54, 1.807) is 30.6 Å². The predicted molar refractivity (Wildman–Crippen MR) is 70.3 cm³/mol. The standard InChI is InChI=1S/C12H13ClN4O/c1-7(11-15-4-5-16-11)17-12(18)9-3-2-8(14)6-10(9)13/h2-7H,14H2,1H3,(H,15,16)(H,17,18). The lowest BCUT2D eigenvalue weighted by Crippen LogP contribution is -2.27. The van der Waals surface area contributed by atoms with Crippen LogP contribution in [0.3, 0.4) is 0 Å². The van der Waals surface area contributed by atoms with Crippen LogP contribution >= 0.6 is 11.6 Å². The van der Waals surface area contributed by atoms with Gasteiger partial charge in [0.1, 0.15) is 5.82 Å². The molecule has 1 heterocycles. The van der Waals surface area contributed by atoms with E-state index in [1.165, 1.54) is 0 Å². The van der Waals surface area contributed by atoms with E-state index in [0.29, 0.717) is 22.1 Å². The normalized spacial score (nSPS) is 12.1. The number of carbonyl (C=O) groups excluding carboxylic acids is 1. The van der Waals surface area contributed by atoms with Crippen molar-refractivity contribution in [2.75, 3.05) is 5.73 Å². The highest BCUT2D eigenvalue weighted by Gasteiger charge is 2.15. The first-order valence-electron chi connectivity index (χ1n) is 5.43. The Labute approximate surface area is 109 Å². The highest BCUT2D eigenvalue weighted by Crippen LogP contribution is 2.19. The number of H-pyrrole nitrogens is 1. The van der Waals surface area contributed by atoms with Crippen molar-refractivity contribution in [3.05, 3.63) is 47.0 Å². The number of nitrogens with zero attached hydrogens (tertiary/aromatic N) is 1. The van der Waals surface area contributed by atoms with E-state index in [-0.39, 0.29) is 11.9 Å². The van der Waals surface area contributed by atoms with Crippen LogP contribution in [0.1, 0.15) is 29.1 Å². The molecular weight excluding hydrogens is 252 g/mol. The number of carbonyl (C=O) groups is 1. The summed E-state index contributed by atoms with van der Waals surface area (Å²) >= 11 is 5.97. The van der Waals surface area contributed by atoms with Crippen molar-refractivity contribution in [2.24, 2.45) is 0 Å². The van der Waals surface area contributed by atoms with Gasteiger partial charge < -0.3 is 16.0 Å². The molecule has 5 nitrogen and oxygen atoms in total. The number of hydrogen-bond donors (Lipinski definition) is 3. The van der Waals surface area contributed by atoms with Crippen molar-refractivity contribution in [1.82, 2.24) is 15.3 Å². The lowest BCUT2D eigenvalue weighted by atomic mass is 10.2. The molecule has 18 heavy (non-hydrogen) atoms. The van der Waals surface area contributed by atoms with Crippen molar-refractivity contribution in [2.45, 2.75) is 13.0 Å². The number of benzene rings is 1. The second kappa shape index (κ2) is 5.10. The topological polar surface area (TPSA) is 83.8 Å². The number of halogens is 1.